The fourth-order valence-electron chi connectivity index (χ4n) is 6.10. The summed E-state index contributed by atoms with van der Waals surface area (Å²) in [6.07, 6.45) is 40.0. The van der Waals surface area contributed by atoms with Crippen LogP contribution >= 0.6 is 11.8 Å². The van der Waals surface area contributed by atoms with Crippen LogP contribution in [0.5, 0.6) is 0 Å². The van der Waals surface area contributed by atoms with Crippen molar-refractivity contribution in [1.82, 2.24) is 10.6 Å². The minimum absolute atomic E-state index is 0. The van der Waals surface area contributed by atoms with Gasteiger partial charge in [-0.1, -0.05) is 167 Å². The van der Waals surface area contributed by atoms with E-state index in [2.05, 4.69) is 29.3 Å². The minimum Gasteiger partial charge on any atom is -0.548 e. The van der Waals surface area contributed by atoms with Crippen LogP contribution in [0.1, 0.15) is 212 Å². The molecular weight excluding hydrogens is 628 g/mol. The van der Waals surface area contributed by atoms with E-state index in [0.717, 1.165) is 51.5 Å². The summed E-state index contributed by atoms with van der Waals surface area (Å²) in [5.74, 6) is 1.48. The predicted octanol–water partition coefficient (Wildman–Crippen LogP) is 7.21. The Kier molecular flexibility index (Phi) is 44.6. The molecule has 0 aromatic rings. The normalized spacial score (nSPS) is 10.9. The van der Waals surface area contributed by atoms with E-state index >= 15 is 0 Å². The summed E-state index contributed by atoms with van der Waals surface area (Å²) in [6, 6.07) is 0. The molecule has 0 aliphatic rings. The molecule has 0 heterocycles. The molecule has 0 aliphatic carbocycles. The first-order valence-electron chi connectivity index (χ1n) is 20.4. The van der Waals surface area contributed by atoms with Crippen LogP contribution in [0, 0.1) is 0 Å². The van der Waals surface area contributed by atoms with Gasteiger partial charge in [0.15, 0.2) is 0 Å². The fourth-order valence-corrected chi connectivity index (χ4v) is 7.12. The van der Waals surface area contributed by atoms with Gasteiger partial charge in [0, 0.05) is 19.4 Å². The maximum atomic E-state index is 12.1. The molecule has 0 bridgehead atoms. The third-order valence-electron chi connectivity index (χ3n) is 9.17. The second-order valence-electron chi connectivity index (χ2n) is 13.9. The van der Waals surface area contributed by atoms with Crippen molar-refractivity contribution in [3.05, 3.63) is 0 Å². The van der Waals surface area contributed by atoms with E-state index in [1.54, 1.807) is 0 Å². The van der Waals surface area contributed by atoms with Crippen LogP contribution in [0.3, 0.4) is 0 Å². The summed E-state index contributed by atoms with van der Waals surface area (Å²) in [4.78, 5) is 33.8. The SMILES string of the molecule is CCCCCCCCCCCCSCCCCCCCCCCCCCCC(=O)NCCCCCCCCCCC(=O)NCC(=O)[O-].[Na+]. The monoisotopic (exact) mass is 705 g/mol. The standard InChI is InChI=1S/C40H78N2O4S.Na/c1-2-3-4-5-6-7-15-20-25-30-35-47-36-31-26-21-16-11-9-8-10-12-17-22-27-32-38(43)41-34-29-24-19-14-13-18-23-28-33-39(44)42-37-40(45)46;/h2-37H2,1H3,(H,41,43)(H,42,44)(H,45,46);/q;+1/p-1. The molecule has 0 unspecified atom stereocenters. The van der Waals surface area contributed by atoms with Crippen LogP contribution in [0.15, 0.2) is 0 Å². The molecule has 6 nitrogen and oxygen atoms in total. The number of hydrogen-bond donors (Lipinski definition) is 2. The molecule has 8 heteroatoms. The maximum absolute atomic E-state index is 12.1. The molecule has 48 heavy (non-hydrogen) atoms. The van der Waals surface area contributed by atoms with Crippen molar-refractivity contribution in [3.8, 4) is 0 Å². The van der Waals surface area contributed by atoms with Gasteiger partial charge >= 0.3 is 29.6 Å². The van der Waals surface area contributed by atoms with Crippen LogP contribution in [0.2, 0.25) is 0 Å². The zero-order valence-electron chi connectivity index (χ0n) is 32.0. The Bertz CT molecular complexity index is 698. The molecule has 0 radical (unpaired) electrons. The number of aliphatic carboxylic acids is 1. The third kappa shape index (κ3) is 43.8. The molecule has 0 rings (SSSR count). The zero-order chi connectivity index (χ0) is 34.3. The molecule has 0 fully saturated rings. The average molecular weight is 705 g/mol. The van der Waals surface area contributed by atoms with Gasteiger partial charge in [-0.2, -0.15) is 11.8 Å². The molecule has 0 aromatic heterocycles. The summed E-state index contributed by atoms with van der Waals surface area (Å²) in [7, 11) is 0. The van der Waals surface area contributed by atoms with E-state index in [9.17, 15) is 19.5 Å². The van der Waals surface area contributed by atoms with Crippen LogP contribution in [-0.4, -0.2) is 42.4 Å². The number of carbonyl (C=O) groups is 3. The Balaban J connectivity index is 0. The first kappa shape index (κ1) is 49.9. The van der Waals surface area contributed by atoms with E-state index in [1.165, 1.54) is 159 Å². The molecule has 0 aliphatic heterocycles. The number of thioether (sulfide) groups is 1. The number of carboxylic acids is 1. The first-order chi connectivity index (χ1) is 23.1. The Labute approximate surface area is 324 Å². The van der Waals surface area contributed by atoms with Crippen molar-refractivity contribution in [3.63, 3.8) is 0 Å². The van der Waals surface area contributed by atoms with Gasteiger partial charge in [0.2, 0.25) is 11.8 Å². The van der Waals surface area contributed by atoms with E-state index in [0.29, 0.717) is 12.8 Å². The largest absolute Gasteiger partial charge is 1.00 e. The van der Waals surface area contributed by atoms with E-state index in [1.807, 2.05) is 0 Å². The van der Waals surface area contributed by atoms with E-state index in [-0.39, 0.29) is 41.4 Å². The fraction of sp³-hybridized carbons (Fsp3) is 0.925. The summed E-state index contributed by atoms with van der Waals surface area (Å²) in [6.45, 7) is 2.68. The minimum atomic E-state index is -1.26. The Morgan fingerprint density at radius 3 is 1.12 bits per heavy atom. The van der Waals surface area contributed by atoms with E-state index < -0.39 is 12.5 Å². The van der Waals surface area contributed by atoms with Crippen molar-refractivity contribution < 1.29 is 49.0 Å². The average Bonchev–Trinajstić information content (AvgIpc) is 3.06. The van der Waals surface area contributed by atoms with Gasteiger partial charge in [-0.3, -0.25) is 9.59 Å². The summed E-state index contributed by atoms with van der Waals surface area (Å²) in [5.41, 5.74) is 0. The van der Waals surface area contributed by atoms with Crippen LogP contribution in [0.25, 0.3) is 0 Å². The molecule has 278 valence electrons. The number of nitrogens with one attached hydrogen (secondary N) is 2. The van der Waals surface area contributed by atoms with Crippen molar-refractivity contribution in [2.24, 2.45) is 0 Å². The predicted molar refractivity (Wildman–Crippen MR) is 202 cm³/mol. The second kappa shape index (κ2) is 42.9. The maximum Gasteiger partial charge on any atom is 1.00 e. The van der Waals surface area contributed by atoms with Crippen molar-refractivity contribution in [1.29, 1.82) is 0 Å². The summed E-state index contributed by atoms with van der Waals surface area (Å²) >= 11 is 2.19. The summed E-state index contributed by atoms with van der Waals surface area (Å²) in [5, 5.41) is 15.7. The molecule has 2 amide bonds. The van der Waals surface area contributed by atoms with Crippen LogP contribution < -0.4 is 45.3 Å². The van der Waals surface area contributed by atoms with Crippen molar-refractivity contribution in [2.45, 2.75) is 212 Å². The molecule has 0 spiro atoms. The number of carboxylic acid groups (broad SMARTS) is 1. The number of unbranched alkanes of at least 4 members (excludes halogenated alkanes) is 27. The zero-order valence-corrected chi connectivity index (χ0v) is 34.8. The van der Waals surface area contributed by atoms with Crippen molar-refractivity contribution in [2.75, 3.05) is 24.6 Å². The summed E-state index contributed by atoms with van der Waals surface area (Å²) < 4.78 is 0. The first-order valence-corrected chi connectivity index (χ1v) is 21.5. The van der Waals surface area contributed by atoms with Gasteiger partial charge < -0.3 is 20.5 Å². The molecule has 2 N–H and O–H groups in total. The number of carbonyl (C=O) groups excluding carboxylic acids is 3. The van der Waals surface area contributed by atoms with Crippen molar-refractivity contribution >= 4 is 29.5 Å². The molecule has 0 aromatic carbocycles. The van der Waals surface area contributed by atoms with Gasteiger partial charge in [-0.05, 0) is 43.6 Å². The Morgan fingerprint density at radius 2 is 0.750 bits per heavy atom. The van der Waals surface area contributed by atoms with Gasteiger partial charge in [0.25, 0.3) is 0 Å². The quantitative estimate of drug-likeness (QED) is 0.0521. The Hall–Kier alpha value is -0.240. The second-order valence-corrected chi connectivity index (χ2v) is 15.1. The van der Waals surface area contributed by atoms with Gasteiger partial charge in [0.1, 0.15) is 0 Å². The molecule has 0 atom stereocenters. The third-order valence-corrected chi connectivity index (χ3v) is 10.3. The van der Waals surface area contributed by atoms with E-state index in [4.69, 9.17) is 0 Å². The van der Waals surface area contributed by atoms with Gasteiger partial charge in [-0.15, -0.1) is 0 Å². The van der Waals surface area contributed by atoms with Gasteiger partial charge in [-0.25, -0.2) is 0 Å². The number of hydrogen-bond acceptors (Lipinski definition) is 5. The van der Waals surface area contributed by atoms with Crippen LogP contribution in [0.4, 0.5) is 0 Å². The number of rotatable bonds is 39. The smallest absolute Gasteiger partial charge is 0.548 e. The molecule has 0 saturated carbocycles. The molecule has 0 saturated heterocycles. The topological polar surface area (TPSA) is 98.3 Å². The Morgan fingerprint density at radius 1 is 0.438 bits per heavy atom. The number of amides is 2. The molecular formula is C40H77N2NaO4S. The van der Waals surface area contributed by atoms with Gasteiger partial charge in [0.05, 0.1) is 12.5 Å². The van der Waals surface area contributed by atoms with Crippen LogP contribution in [-0.2, 0) is 14.4 Å².